The monoisotopic (exact) mass is 635 g/mol. The molecule has 1 aliphatic heterocycles. The fourth-order valence-corrected chi connectivity index (χ4v) is 5.58. The predicted molar refractivity (Wildman–Crippen MR) is 180 cm³/mol. The number of benzene rings is 2. The molecule has 8 N–H and O–H groups in total. The van der Waals surface area contributed by atoms with E-state index in [0.29, 0.717) is 51.9 Å². The van der Waals surface area contributed by atoms with Crippen molar-refractivity contribution in [1.29, 1.82) is 0 Å². The van der Waals surface area contributed by atoms with Gasteiger partial charge < -0.3 is 37.6 Å². The molecule has 0 aliphatic carbocycles. The molecule has 3 rings (SSSR count). The SMILES string of the molecule is CC(C)C[C@@H](NC(=O)[C@@H](Cc1ccccc1)NC(=O)[C@H](N)Cc1ccccc1)C(=O)N[C@H](CCCCN)C(=O)N1CCCNCC1. The van der Waals surface area contributed by atoms with Gasteiger partial charge in [-0.05, 0) is 68.7 Å². The quantitative estimate of drug-likeness (QED) is 0.142. The van der Waals surface area contributed by atoms with E-state index in [9.17, 15) is 19.2 Å². The number of rotatable bonds is 17. The molecule has 1 saturated heterocycles. The van der Waals surface area contributed by atoms with Crippen molar-refractivity contribution in [1.82, 2.24) is 26.2 Å². The van der Waals surface area contributed by atoms with Crippen molar-refractivity contribution in [3.8, 4) is 0 Å². The fourth-order valence-electron chi connectivity index (χ4n) is 5.58. The van der Waals surface area contributed by atoms with E-state index in [0.717, 1.165) is 30.5 Å². The molecule has 11 nitrogen and oxygen atoms in total. The summed E-state index contributed by atoms with van der Waals surface area (Å²) in [6.45, 7) is 7.16. The van der Waals surface area contributed by atoms with Gasteiger partial charge in [0.15, 0.2) is 0 Å². The number of hydrogen-bond donors (Lipinski definition) is 6. The van der Waals surface area contributed by atoms with Gasteiger partial charge in [-0.1, -0.05) is 74.5 Å². The summed E-state index contributed by atoms with van der Waals surface area (Å²) in [5.74, 6) is -1.42. The highest BCUT2D eigenvalue weighted by Crippen LogP contribution is 2.12. The second-order valence-corrected chi connectivity index (χ2v) is 12.5. The van der Waals surface area contributed by atoms with Gasteiger partial charge in [-0.25, -0.2) is 0 Å². The van der Waals surface area contributed by atoms with E-state index in [1.54, 1.807) is 4.90 Å². The van der Waals surface area contributed by atoms with Gasteiger partial charge in [0.05, 0.1) is 6.04 Å². The molecule has 0 radical (unpaired) electrons. The van der Waals surface area contributed by atoms with Crippen molar-refractivity contribution in [3.63, 3.8) is 0 Å². The lowest BCUT2D eigenvalue weighted by molar-refractivity contribution is -0.138. The van der Waals surface area contributed by atoms with E-state index in [1.807, 2.05) is 74.5 Å². The first-order chi connectivity index (χ1) is 22.2. The third-order valence-corrected chi connectivity index (χ3v) is 8.10. The average molecular weight is 636 g/mol. The minimum absolute atomic E-state index is 0.0700. The molecule has 252 valence electrons. The maximum Gasteiger partial charge on any atom is 0.245 e. The minimum Gasteiger partial charge on any atom is -0.343 e. The molecule has 0 bridgehead atoms. The van der Waals surface area contributed by atoms with E-state index >= 15 is 0 Å². The lowest BCUT2D eigenvalue weighted by Gasteiger charge is -2.29. The van der Waals surface area contributed by atoms with Gasteiger partial charge >= 0.3 is 0 Å². The third-order valence-electron chi connectivity index (χ3n) is 8.10. The summed E-state index contributed by atoms with van der Waals surface area (Å²) in [4.78, 5) is 56.2. The molecule has 11 heteroatoms. The molecular formula is C35H53N7O4. The van der Waals surface area contributed by atoms with E-state index in [2.05, 4.69) is 21.3 Å². The molecule has 46 heavy (non-hydrogen) atoms. The number of hydrogen-bond acceptors (Lipinski definition) is 7. The van der Waals surface area contributed by atoms with Gasteiger partial charge in [-0.3, -0.25) is 19.2 Å². The molecular weight excluding hydrogens is 582 g/mol. The predicted octanol–water partition coefficient (Wildman–Crippen LogP) is 1.25. The summed E-state index contributed by atoms with van der Waals surface area (Å²) in [6.07, 6.45) is 3.61. The molecule has 1 fully saturated rings. The smallest absolute Gasteiger partial charge is 0.245 e. The van der Waals surface area contributed by atoms with Crippen LogP contribution in [0.3, 0.4) is 0 Å². The van der Waals surface area contributed by atoms with Crippen molar-refractivity contribution >= 4 is 23.6 Å². The Hall–Kier alpha value is -3.80. The highest BCUT2D eigenvalue weighted by atomic mass is 16.2. The summed E-state index contributed by atoms with van der Waals surface area (Å²) in [6, 6.07) is 15.4. The summed E-state index contributed by atoms with van der Waals surface area (Å²) in [7, 11) is 0. The summed E-state index contributed by atoms with van der Waals surface area (Å²) in [5, 5.41) is 12.0. The molecule has 4 atom stereocenters. The van der Waals surface area contributed by atoms with Gasteiger partial charge in [0.1, 0.15) is 18.1 Å². The number of nitrogens with two attached hydrogens (primary N) is 2. The van der Waals surface area contributed by atoms with Crippen LogP contribution in [0.15, 0.2) is 60.7 Å². The minimum atomic E-state index is -0.967. The number of nitrogens with one attached hydrogen (secondary N) is 4. The Morgan fingerprint density at radius 2 is 1.35 bits per heavy atom. The van der Waals surface area contributed by atoms with Crippen molar-refractivity contribution in [2.24, 2.45) is 17.4 Å². The van der Waals surface area contributed by atoms with Gasteiger partial charge in [0.25, 0.3) is 0 Å². The van der Waals surface area contributed by atoms with Crippen LogP contribution in [0.4, 0.5) is 0 Å². The highest BCUT2D eigenvalue weighted by molar-refractivity contribution is 5.95. The Kier molecular flexibility index (Phi) is 15.7. The molecule has 1 aliphatic rings. The normalized spacial score (nSPS) is 16.1. The van der Waals surface area contributed by atoms with E-state index < -0.39 is 41.9 Å². The van der Waals surface area contributed by atoms with Crippen molar-refractivity contribution < 1.29 is 19.2 Å². The Morgan fingerprint density at radius 1 is 0.761 bits per heavy atom. The molecule has 2 aromatic rings. The first-order valence-corrected chi connectivity index (χ1v) is 16.6. The zero-order chi connectivity index (χ0) is 33.3. The van der Waals surface area contributed by atoms with Crippen LogP contribution in [-0.4, -0.2) is 85.4 Å². The number of amides is 4. The maximum atomic E-state index is 13.8. The summed E-state index contributed by atoms with van der Waals surface area (Å²) in [5.41, 5.74) is 13.7. The molecule has 0 spiro atoms. The lowest BCUT2D eigenvalue weighted by atomic mass is 9.99. The first-order valence-electron chi connectivity index (χ1n) is 16.6. The Balaban J connectivity index is 1.76. The molecule has 4 amide bonds. The zero-order valence-electron chi connectivity index (χ0n) is 27.4. The number of nitrogens with zero attached hydrogens (tertiary/aromatic N) is 1. The zero-order valence-corrected chi connectivity index (χ0v) is 27.4. The van der Waals surface area contributed by atoms with Crippen LogP contribution in [0.1, 0.15) is 57.1 Å². The summed E-state index contributed by atoms with van der Waals surface area (Å²) < 4.78 is 0. The molecule has 0 saturated carbocycles. The van der Waals surface area contributed by atoms with Gasteiger partial charge in [-0.2, -0.15) is 0 Å². The average Bonchev–Trinajstić information content (AvgIpc) is 3.34. The standard InChI is InChI=1S/C35H53N7O4/c1-25(2)22-30(33(44)39-29(16-9-10-17-36)35(46)42-20-11-18-38-19-21-42)41-34(45)31(24-27-14-7-4-8-15-27)40-32(43)28(37)23-26-12-5-3-6-13-26/h3-8,12-15,25,28-31,38H,9-11,16-24,36-37H2,1-2H3,(H,39,44)(H,40,43)(H,41,45)/t28-,29-,30-,31-/m1/s1. The van der Waals surface area contributed by atoms with Crippen molar-refractivity contribution in [3.05, 3.63) is 71.8 Å². The van der Waals surface area contributed by atoms with Crippen LogP contribution in [0.5, 0.6) is 0 Å². The largest absolute Gasteiger partial charge is 0.343 e. The third kappa shape index (κ3) is 12.5. The number of carbonyl (C=O) groups is 4. The van der Waals surface area contributed by atoms with Crippen LogP contribution in [-0.2, 0) is 32.0 Å². The Bertz CT molecular complexity index is 1220. The van der Waals surface area contributed by atoms with Crippen molar-refractivity contribution in [2.75, 3.05) is 32.7 Å². The van der Waals surface area contributed by atoms with Crippen LogP contribution in [0.25, 0.3) is 0 Å². The first kappa shape index (κ1) is 36.7. The molecule has 1 heterocycles. The molecule has 0 aromatic heterocycles. The summed E-state index contributed by atoms with van der Waals surface area (Å²) >= 11 is 0. The van der Waals surface area contributed by atoms with Gasteiger partial charge in [-0.15, -0.1) is 0 Å². The Labute approximate surface area is 273 Å². The maximum absolute atomic E-state index is 13.8. The van der Waals surface area contributed by atoms with Crippen molar-refractivity contribution in [2.45, 2.75) is 83.0 Å². The van der Waals surface area contributed by atoms with Gasteiger partial charge in [0, 0.05) is 26.1 Å². The van der Waals surface area contributed by atoms with Crippen LogP contribution in [0.2, 0.25) is 0 Å². The molecule has 0 unspecified atom stereocenters. The molecule has 2 aromatic carbocycles. The fraction of sp³-hybridized carbons (Fsp3) is 0.543. The lowest BCUT2D eigenvalue weighted by Crippen LogP contribution is -2.58. The van der Waals surface area contributed by atoms with E-state index in [-0.39, 0.29) is 18.2 Å². The van der Waals surface area contributed by atoms with Crippen LogP contribution < -0.4 is 32.7 Å². The van der Waals surface area contributed by atoms with Gasteiger partial charge in [0.2, 0.25) is 23.6 Å². The van der Waals surface area contributed by atoms with Crippen LogP contribution >= 0.6 is 0 Å². The van der Waals surface area contributed by atoms with E-state index in [4.69, 9.17) is 11.5 Å². The highest BCUT2D eigenvalue weighted by Gasteiger charge is 2.32. The Morgan fingerprint density at radius 3 is 1.98 bits per heavy atom. The number of unbranched alkanes of at least 4 members (excludes halogenated alkanes) is 1. The van der Waals surface area contributed by atoms with Crippen LogP contribution in [0, 0.1) is 5.92 Å². The second kappa shape index (κ2) is 19.7. The van der Waals surface area contributed by atoms with E-state index in [1.165, 1.54) is 0 Å². The second-order valence-electron chi connectivity index (χ2n) is 12.5. The number of carbonyl (C=O) groups excluding carboxylic acids is 4. The topological polar surface area (TPSA) is 172 Å².